The zero-order valence-corrected chi connectivity index (χ0v) is 16.9. The predicted molar refractivity (Wildman–Crippen MR) is 117 cm³/mol. The maximum Gasteiger partial charge on any atom is 0.335 e. The Morgan fingerprint density at radius 3 is 2.45 bits per heavy atom. The number of carbonyl (C=O) groups is 1. The van der Waals surface area contributed by atoms with Crippen molar-refractivity contribution in [1.82, 2.24) is 20.0 Å². The second-order valence-electron chi connectivity index (χ2n) is 7.17. The Kier molecular flexibility index (Phi) is 4.91. The third-order valence-corrected chi connectivity index (χ3v) is 4.95. The summed E-state index contributed by atoms with van der Waals surface area (Å²) in [6.07, 6.45) is 1.62. The first-order valence-electron chi connectivity index (χ1n) is 9.80. The summed E-state index contributed by atoms with van der Waals surface area (Å²) in [5, 5.41) is 27.3. The largest absolute Gasteiger partial charge is 0.505 e. The highest BCUT2D eigenvalue weighted by atomic mass is 19.1. The molecule has 3 aromatic carbocycles. The van der Waals surface area contributed by atoms with Gasteiger partial charge >= 0.3 is 5.97 Å². The van der Waals surface area contributed by atoms with Gasteiger partial charge < -0.3 is 14.9 Å². The van der Waals surface area contributed by atoms with Crippen LogP contribution in [0.15, 0.2) is 79.0 Å². The fourth-order valence-corrected chi connectivity index (χ4v) is 3.26. The Balaban J connectivity index is 1.38. The lowest BCUT2D eigenvalue weighted by atomic mass is 10.1. The SMILES string of the molecule is O=C(O)c1ccc(Oc2ccc3nc(-c4cn(-c5ccc(O)c(F)c5)nn4)ccc3c2)cc1. The van der Waals surface area contributed by atoms with Crippen molar-refractivity contribution in [2.75, 3.05) is 0 Å². The fourth-order valence-electron chi connectivity index (χ4n) is 3.26. The van der Waals surface area contributed by atoms with Crippen molar-refractivity contribution in [3.05, 3.63) is 90.4 Å². The summed E-state index contributed by atoms with van der Waals surface area (Å²) in [5.74, 6) is -1.07. The first-order chi connectivity index (χ1) is 16.0. The molecule has 5 aromatic rings. The number of hydrogen-bond donors (Lipinski definition) is 2. The van der Waals surface area contributed by atoms with Crippen LogP contribution in [0.5, 0.6) is 17.2 Å². The van der Waals surface area contributed by atoms with Crippen molar-refractivity contribution in [1.29, 1.82) is 0 Å². The van der Waals surface area contributed by atoms with E-state index in [1.165, 1.54) is 35.0 Å². The standard InChI is InChI=1S/C24H15FN4O4/c25-19-12-16(4-10-23(19)30)29-13-22(27-28-29)21-8-3-15-11-18(7-9-20(15)26-21)33-17-5-1-14(2-6-17)24(31)32/h1-13,30H,(H,31,32). The Hall–Kier alpha value is -4.79. The smallest absolute Gasteiger partial charge is 0.335 e. The number of phenols is 1. The molecule has 9 heteroatoms. The second-order valence-corrected chi connectivity index (χ2v) is 7.17. The van der Waals surface area contributed by atoms with Crippen LogP contribution in [-0.2, 0) is 0 Å². The third-order valence-electron chi connectivity index (χ3n) is 4.95. The lowest BCUT2D eigenvalue weighted by Gasteiger charge is -2.07. The maximum absolute atomic E-state index is 13.6. The number of halogens is 1. The summed E-state index contributed by atoms with van der Waals surface area (Å²) in [7, 11) is 0. The van der Waals surface area contributed by atoms with Crippen molar-refractivity contribution in [3.63, 3.8) is 0 Å². The van der Waals surface area contributed by atoms with E-state index in [0.717, 1.165) is 5.39 Å². The summed E-state index contributed by atoms with van der Waals surface area (Å²) >= 11 is 0. The summed E-state index contributed by atoms with van der Waals surface area (Å²) in [6.45, 7) is 0. The summed E-state index contributed by atoms with van der Waals surface area (Å²) in [4.78, 5) is 15.6. The molecule has 33 heavy (non-hydrogen) atoms. The molecule has 0 aliphatic heterocycles. The minimum Gasteiger partial charge on any atom is -0.505 e. The predicted octanol–water partition coefficient (Wildman–Crippen LogP) is 4.82. The maximum atomic E-state index is 13.6. The number of rotatable bonds is 5. The fraction of sp³-hybridized carbons (Fsp3) is 0. The molecule has 0 amide bonds. The molecule has 0 saturated heterocycles. The number of aromatic nitrogens is 4. The van der Waals surface area contributed by atoms with E-state index in [9.17, 15) is 14.3 Å². The minimum absolute atomic E-state index is 0.185. The van der Waals surface area contributed by atoms with E-state index in [2.05, 4.69) is 15.3 Å². The number of pyridine rings is 1. The Bertz CT molecular complexity index is 1500. The molecule has 0 unspecified atom stereocenters. The number of carboxylic acid groups (broad SMARTS) is 1. The van der Waals surface area contributed by atoms with E-state index < -0.39 is 17.5 Å². The first kappa shape index (κ1) is 20.1. The molecular formula is C24H15FN4O4. The van der Waals surface area contributed by atoms with Crippen LogP contribution in [-0.4, -0.2) is 36.2 Å². The number of carboxylic acids is 1. The van der Waals surface area contributed by atoms with Crippen LogP contribution in [0.1, 0.15) is 10.4 Å². The Morgan fingerprint density at radius 1 is 0.909 bits per heavy atom. The van der Waals surface area contributed by atoms with Gasteiger partial charge in [-0.05, 0) is 60.7 Å². The van der Waals surface area contributed by atoms with Crippen LogP contribution >= 0.6 is 0 Å². The zero-order valence-electron chi connectivity index (χ0n) is 16.9. The molecule has 8 nitrogen and oxygen atoms in total. The van der Waals surface area contributed by atoms with Crippen LogP contribution in [0.3, 0.4) is 0 Å². The second kappa shape index (κ2) is 8.04. The van der Waals surface area contributed by atoms with Crippen molar-refractivity contribution in [2.24, 2.45) is 0 Å². The molecule has 0 aliphatic carbocycles. The third kappa shape index (κ3) is 4.07. The van der Waals surface area contributed by atoms with Crippen LogP contribution in [0.2, 0.25) is 0 Å². The number of phenolic OH excluding ortho intramolecular Hbond substituents is 1. The van der Waals surface area contributed by atoms with E-state index in [0.29, 0.717) is 34.1 Å². The Labute approximate surface area is 186 Å². The molecule has 162 valence electrons. The van der Waals surface area contributed by atoms with Crippen LogP contribution in [0.4, 0.5) is 4.39 Å². The van der Waals surface area contributed by atoms with Gasteiger partial charge in [0.15, 0.2) is 11.6 Å². The number of aromatic hydroxyl groups is 1. The summed E-state index contributed by atoms with van der Waals surface area (Å²) < 4.78 is 20.8. The number of ether oxygens (including phenoxy) is 1. The molecule has 0 radical (unpaired) electrons. The molecule has 0 aliphatic rings. The van der Waals surface area contributed by atoms with E-state index in [1.807, 2.05) is 12.1 Å². The van der Waals surface area contributed by atoms with Gasteiger partial charge in [-0.2, -0.15) is 0 Å². The van der Waals surface area contributed by atoms with Gasteiger partial charge in [-0.1, -0.05) is 11.3 Å². The summed E-state index contributed by atoms with van der Waals surface area (Å²) in [5.41, 5.74) is 2.41. The van der Waals surface area contributed by atoms with Crippen molar-refractivity contribution < 1.29 is 24.1 Å². The van der Waals surface area contributed by atoms with Gasteiger partial charge in [-0.25, -0.2) is 18.9 Å². The highest BCUT2D eigenvalue weighted by molar-refractivity contribution is 5.87. The average Bonchev–Trinajstić information content (AvgIpc) is 3.31. The molecule has 0 saturated carbocycles. The first-order valence-corrected chi connectivity index (χ1v) is 9.80. The number of benzene rings is 3. The molecular weight excluding hydrogens is 427 g/mol. The number of aromatic carboxylic acids is 1. The monoisotopic (exact) mass is 442 g/mol. The summed E-state index contributed by atoms with van der Waals surface area (Å²) in [6, 6.07) is 19.2. The molecule has 2 aromatic heterocycles. The van der Waals surface area contributed by atoms with Gasteiger partial charge in [0, 0.05) is 11.5 Å². The molecule has 0 spiro atoms. The number of nitrogens with zero attached hydrogens (tertiary/aromatic N) is 4. The van der Waals surface area contributed by atoms with Crippen LogP contribution < -0.4 is 4.74 Å². The average molecular weight is 442 g/mol. The van der Waals surface area contributed by atoms with Gasteiger partial charge in [0.2, 0.25) is 0 Å². The molecule has 5 rings (SSSR count). The van der Waals surface area contributed by atoms with Gasteiger partial charge in [-0.3, -0.25) is 0 Å². The topological polar surface area (TPSA) is 110 Å². The van der Waals surface area contributed by atoms with E-state index >= 15 is 0 Å². The normalized spacial score (nSPS) is 10.9. The number of fused-ring (bicyclic) bond motifs is 1. The Morgan fingerprint density at radius 2 is 1.70 bits per heavy atom. The van der Waals surface area contributed by atoms with E-state index in [1.54, 1.807) is 36.5 Å². The van der Waals surface area contributed by atoms with Gasteiger partial charge in [0.1, 0.15) is 17.2 Å². The number of hydrogen-bond acceptors (Lipinski definition) is 6. The van der Waals surface area contributed by atoms with E-state index in [-0.39, 0.29) is 5.56 Å². The van der Waals surface area contributed by atoms with Gasteiger partial charge in [0.05, 0.1) is 28.7 Å². The molecule has 2 heterocycles. The van der Waals surface area contributed by atoms with Crippen molar-refractivity contribution in [3.8, 4) is 34.3 Å². The molecule has 2 N–H and O–H groups in total. The lowest BCUT2D eigenvalue weighted by Crippen LogP contribution is -1.95. The quantitative estimate of drug-likeness (QED) is 0.402. The van der Waals surface area contributed by atoms with Crippen LogP contribution in [0.25, 0.3) is 28.0 Å². The lowest BCUT2D eigenvalue weighted by molar-refractivity contribution is 0.0697. The van der Waals surface area contributed by atoms with Crippen molar-refractivity contribution in [2.45, 2.75) is 0 Å². The van der Waals surface area contributed by atoms with Gasteiger partial charge in [0.25, 0.3) is 0 Å². The van der Waals surface area contributed by atoms with Gasteiger partial charge in [-0.15, -0.1) is 5.10 Å². The minimum atomic E-state index is -0.996. The highest BCUT2D eigenvalue weighted by Crippen LogP contribution is 2.27. The highest BCUT2D eigenvalue weighted by Gasteiger charge is 2.10. The van der Waals surface area contributed by atoms with E-state index in [4.69, 9.17) is 9.84 Å². The van der Waals surface area contributed by atoms with Crippen LogP contribution in [0, 0.1) is 5.82 Å². The zero-order chi connectivity index (χ0) is 22.9. The molecule has 0 fully saturated rings. The molecule has 0 bridgehead atoms. The van der Waals surface area contributed by atoms with Crippen molar-refractivity contribution >= 4 is 16.9 Å². The molecule has 0 atom stereocenters.